The first-order valence-corrected chi connectivity index (χ1v) is 6.37. The highest BCUT2D eigenvalue weighted by atomic mass is 79.9. The number of hydrogen-bond donors (Lipinski definition) is 0. The fourth-order valence-corrected chi connectivity index (χ4v) is 1.47. The summed E-state index contributed by atoms with van der Waals surface area (Å²) in [5.41, 5.74) is 0.687. The molecule has 1 aromatic carbocycles. The van der Waals surface area contributed by atoms with Crippen LogP contribution in [0.5, 0.6) is 0 Å². The Balaban J connectivity index is 2.52. The Morgan fingerprint density at radius 1 is 1.06 bits per heavy atom. The van der Waals surface area contributed by atoms with Crippen LogP contribution in [0.15, 0.2) is 65.3 Å². The average Bonchev–Trinajstić information content (AvgIpc) is 2.34. The lowest BCUT2D eigenvalue weighted by molar-refractivity contribution is 0.104. The molecule has 0 aromatic heterocycles. The minimum absolute atomic E-state index is 0.00346. The summed E-state index contributed by atoms with van der Waals surface area (Å²) in [6.45, 7) is 0. The van der Waals surface area contributed by atoms with Gasteiger partial charge in [0.05, 0.1) is 0 Å². The van der Waals surface area contributed by atoms with Gasteiger partial charge in [-0.25, -0.2) is 0 Å². The molecule has 94 valence electrons. The van der Waals surface area contributed by atoms with Crippen molar-refractivity contribution in [3.8, 4) is 0 Å². The van der Waals surface area contributed by atoms with Gasteiger partial charge in [0, 0.05) is 24.1 Å². The smallest absolute Gasteiger partial charge is 0.185 e. The summed E-state index contributed by atoms with van der Waals surface area (Å²) in [6, 6.07) is 7.31. The average molecular weight is 306 g/mol. The Labute approximate surface area is 116 Å². The van der Waals surface area contributed by atoms with Crippen molar-refractivity contribution in [3.05, 3.63) is 70.9 Å². The maximum Gasteiger partial charge on any atom is 0.185 e. The van der Waals surface area contributed by atoms with Gasteiger partial charge in [-0.05, 0) is 42.6 Å². The first kappa shape index (κ1) is 14.5. The molecule has 0 aliphatic carbocycles. The van der Waals surface area contributed by atoms with E-state index in [0.29, 0.717) is 5.56 Å². The molecule has 3 heteroatoms. The molecular formula is C15H16BrNO. The van der Waals surface area contributed by atoms with Crippen molar-refractivity contribution in [2.75, 3.05) is 14.1 Å². The molecule has 0 atom stereocenters. The number of rotatable bonds is 5. The van der Waals surface area contributed by atoms with E-state index in [1.807, 2.05) is 55.6 Å². The number of carbonyl (C=O) groups is 1. The van der Waals surface area contributed by atoms with Crippen molar-refractivity contribution in [2.24, 2.45) is 0 Å². The molecule has 0 unspecified atom stereocenters. The van der Waals surface area contributed by atoms with E-state index >= 15 is 0 Å². The lowest BCUT2D eigenvalue weighted by Gasteiger charge is -2.00. The van der Waals surface area contributed by atoms with Crippen LogP contribution in [0.25, 0.3) is 0 Å². The molecular weight excluding hydrogens is 290 g/mol. The van der Waals surface area contributed by atoms with Gasteiger partial charge in [-0.1, -0.05) is 34.2 Å². The van der Waals surface area contributed by atoms with E-state index in [1.165, 1.54) is 0 Å². The molecule has 0 amide bonds. The van der Waals surface area contributed by atoms with E-state index in [-0.39, 0.29) is 5.78 Å². The zero-order valence-corrected chi connectivity index (χ0v) is 12.1. The zero-order valence-electron chi connectivity index (χ0n) is 10.5. The monoisotopic (exact) mass is 305 g/mol. The molecule has 0 radical (unpaired) electrons. The molecule has 0 fully saturated rings. The van der Waals surface area contributed by atoms with Crippen LogP contribution in [0.4, 0.5) is 0 Å². The molecule has 0 aliphatic rings. The molecule has 0 saturated carbocycles. The Bertz CT molecular complexity index is 470. The summed E-state index contributed by atoms with van der Waals surface area (Å²) in [4.78, 5) is 13.7. The van der Waals surface area contributed by atoms with Gasteiger partial charge in [0.25, 0.3) is 0 Å². The third kappa shape index (κ3) is 5.64. The molecule has 0 saturated heterocycles. The van der Waals surface area contributed by atoms with Crippen LogP contribution >= 0.6 is 15.9 Å². The summed E-state index contributed by atoms with van der Waals surface area (Å²) < 4.78 is 0.969. The van der Waals surface area contributed by atoms with Gasteiger partial charge in [-0.3, -0.25) is 4.79 Å². The van der Waals surface area contributed by atoms with Gasteiger partial charge in [-0.15, -0.1) is 0 Å². The molecule has 0 spiro atoms. The van der Waals surface area contributed by atoms with E-state index in [4.69, 9.17) is 0 Å². The third-order valence-corrected chi connectivity index (χ3v) is 2.62. The zero-order chi connectivity index (χ0) is 13.4. The van der Waals surface area contributed by atoms with Crippen molar-refractivity contribution in [2.45, 2.75) is 0 Å². The van der Waals surface area contributed by atoms with Crippen molar-refractivity contribution in [3.63, 3.8) is 0 Å². The summed E-state index contributed by atoms with van der Waals surface area (Å²) in [5, 5.41) is 0. The lowest BCUT2D eigenvalue weighted by atomic mass is 10.1. The molecule has 0 aliphatic heterocycles. The van der Waals surface area contributed by atoms with Crippen molar-refractivity contribution in [1.29, 1.82) is 0 Å². The maximum atomic E-state index is 11.7. The first-order chi connectivity index (χ1) is 8.59. The van der Waals surface area contributed by atoms with Gasteiger partial charge in [0.15, 0.2) is 5.78 Å². The van der Waals surface area contributed by atoms with Gasteiger partial charge < -0.3 is 4.90 Å². The summed E-state index contributed by atoms with van der Waals surface area (Å²) >= 11 is 3.34. The normalized spacial score (nSPS) is 11.7. The van der Waals surface area contributed by atoms with E-state index < -0.39 is 0 Å². The number of carbonyl (C=O) groups excluding carboxylic acids is 1. The summed E-state index contributed by atoms with van der Waals surface area (Å²) in [7, 11) is 3.91. The number of benzene rings is 1. The van der Waals surface area contributed by atoms with Crippen LogP contribution in [-0.4, -0.2) is 24.8 Å². The van der Waals surface area contributed by atoms with E-state index in [0.717, 1.165) is 4.47 Å². The molecule has 1 aromatic rings. The van der Waals surface area contributed by atoms with E-state index in [2.05, 4.69) is 15.9 Å². The van der Waals surface area contributed by atoms with Crippen LogP contribution in [0.3, 0.4) is 0 Å². The Morgan fingerprint density at radius 2 is 1.67 bits per heavy atom. The van der Waals surface area contributed by atoms with Crippen molar-refractivity contribution in [1.82, 2.24) is 4.90 Å². The second-order valence-electron chi connectivity index (χ2n) is 3.92. The largest absolute Gasteiger partial charge is 0.383 e. The van der Waals surface area contributed by atoms with Crippen molar-refractivity contribution >= 4 is 21.7 Å². The van der Waals surface area contributed by atoms with Crippen LogP contribution in [0.1, 0.15) is 10.4 Å². The molecule has 2 nitrogen and oxygen atoms in total. The number of allylic oxidation sites excluding steroid dienone is 5. The van der Waals surface area contributed by atoms with Gasteiger partial charge in [0.2, 0.25) is 0 Å². The maximum absolute atomic E-state index is 11.7. The topological polar surface area (TPSA) is 20.3 Å². The fraction of sp³-hybridized carbons (Fsp3) is 0.133. The van der Waals surface area contributed by atoms with Crippen LogP contribution in [0.2, 0.25) is 0 Å². The predicted molar refractivity (Wildman–Crippen MR) is 79.6 cm³/mol. The molecule has 0 N–H and O–H groups in total. The molecule has 0 bridgehead atoms. The number of ketones is 1. The molecule has 18 heavy (non-hydrogen) atoms. The van der Waals surface area contributed by atoms with Crippen LogP contribution < -0.4 is 0 Å². The summed E-state index contributed by atoms with van der Waals surface area (Å²) in [6.07, 6.45) is 10.9. The lowest BCUT2D eigenvalue weighted by Crippen LogP contribution is -1.99. The Kier molecular flexibility index (Phi) is 6.15. The van der Waals surface area contributed by atoms with Gasteiger partial charge >= 0.3 is 0 Å². The third-order valence-electron chi connectivity index (χ3n) is 2.09. The second-order valence-corrected chi connectivity index (χ2v) is 4.84. The van der Waals surface area contributed by atoms with Gasteiger partial charge in [-0.2, -0.15) is 0 Å². The Hall–Kier alpha value is -1.61. The quantitative estimate of drug-likeness (QED) is 0.468. The first-order valence-electron chi connectivity index (χ1n) is 5.57. The minimum Gasteiger partial charge on any atom is -0.383 e. The molecule has 1 rings (SSSR count). The van der Waals surface area contributed by atoms with E-state index in [1.54, 1.807) is 24.3 Å². The Morgan fingerprint density at radius 3 is 2.28 bits per heavy atom. The fourth-order valence-electron chi connectivity index (χ4n) is 1.20. The second kappa shape index (κ2) is 7.67. The SMILES string of the molecule is CN(C)C=CC=CC=CC(=O)c1ccc(Br)cc1. The standard InChI is InChI=1S/C15H16BrNO/c1-17(2)12-6-4-3-5-7-15(18)13-8-10-14(16)11-9-13/h3-12H,1-2H3. The highest BCUT2D eigenvalue weighted by Crippen LogP contribution is 2.11. The van der Waals surface area contributed by atoms with Crippen LogP contribution in [0, 0.1) is 0 Å². The van der Waals surface area contributed by atoms with E-state index in [9.17, 15) is 4.79 Å². The molecule has 0 heterocycles. The minimum atomic E-state index is 0.00346. The highest BCUT2D eigenvalue weighted by molar-refractivity contribution is 9.10. The van der Waals surface area contributed by atoms with Gasteiger partial charge in [0.1, 0.15) is 0 Å². The number of nitrogens with zero attached hydrogens (tertiary/aromatic N) is 1. The van der Waals surface area contributed by atoms with Crippen LogP contribution in [-0.2, 0) is 0 Å². The van der Waals surface area contributed by atoms with Crippen molar-refractivity contribution < 1.29 is 4.79 Å². The predicted octanol–water partition coefficient (Wildman–Crippen LogP) is 3.82. The number of halogens is 1. The highest BCUT2D eigenvalue weighted by Gasteiger charge is 1.99. The number of hydrogen-bond acceptors (Lipinski definition) is 2. The summed E-state index contributed by atoms with van der Waals surface area (Å²) in [5.74, 6) is 0.00346.